The van der Waals surface area contributed by atoms with Gasteiger partial charge in [-0.15, -0.1) is 0 Å². The zero-order valence-electron chi connectivity index (χ0n) is 28.7. The van der Waals surface area contributed by atoms with Gasteiger partial charge in [-0.1, -0.05) is 60.7 Å². The largest absolute Gasteiger partial charge is 0.459 e. The molecule has 0 radical (unpaired) electrons. The number of aliphatic hydroxyl groups excluding tert-OH is 2. The molecular weight excluding hydrogens is 588 g/mol. The molecule has 0 aromatic heterocycles. The summed E-state index contributed by atoms with van der Waals surface area (Å²) in [5, 5.41) is 20.7. The number of hydrogen-bond donors (Lipinski definition) is 2. The summed E-state index contributed by atoms with van der Waals surface area (Å²) >= 11 is 0. The minimum atomic E-state index is -1.39. The molecule has 2 saturated heterocycles. The zero-order chi connectivity index (χ0) is 34.8. The summed E-state index contributed by atoms with van der Waals surface area (Å²) in [6, 6.07) is 18.7. The second-order valence-electron chi connectivity index (χ2n) is 14.7. The predicted molar refractivity (Wildman–Crippen MR) is 173 cm³/mol. The number of carbonyl (C=O) groups excluding carboxylic acids is 4. The highest BCUT2D eigenvalue weighted by atomic mass is 16.6. The first-order valence-corrected chi connectivity index (χ1v) is 15.7. The lowest BCUT2D eigenvalue weighted by Gasteiger charge is -2.30. The summed E-state index contributed by atoms with van der Waals surface area (Å²) in [7, 11) is 0. The van der Waals surface area contributed by atoms with Crippen LogP contribution in [-0.2, 0) is 28.7 Å². The van der Waals surface area contributed by atoms with Crippen molar-refractivity contribution in [3.8, 4) is 0 Å². The summed E-state index contributed by atoms with van der Waals surface area (Å²) < 4.78 is 10.8. The van der Waals surface area contributed by atoms with Crippen LogP contribution in [0.2, 0.25) is 0 Å². The summed E-state index contributed by atoms with van der Waals surface area (Å²) in [5.74, 6) is -1.97. The monoisotopic (exact) mass is 638 g/mol. The number of ether oxygens (including phenoxy) is 2. The first-order chi connectivity index (χ1) is 21.1. The van der Waals surface area contributed by atoms with Gasteiger partial charge < -0.3 is 29.5 Å². The van der Waals surface area contributed by atoms with Crippen molar-refractivity contribution in [2.45, 2.75) is 105 Å². The molecule has 2 amide bonds. The standard InChI is InChI=1S/2C18H25NO4/c2*1-12(13-9-7-6-8-10-13)19-11-18(5,14(20)15(19)21)16(22)23-17(2,3)4/h2*6-10,12,14,20H,11H2,1-5H3/t2*12-,14?,18+/m11/s1. The molecule has 2 heterocycles. The molecule has 2 aromatic rings. The maximum Gasteiger partial charge on any atom is 0.317 e. The van der Waals surface area contributed by atoms with Gasteiger partial charge in [-0.3, -0.25) is 19.2 Å². The Bertz CT molecular complexity index is 1290. The third-order valence-electron chi connectivity index (χ3n) is 8.47. The SMILES string of the molecule is C[C@H](c1ccccc1)N1C[C@](C)(C(=O)OC(C)(C)C)C(O)C1=O.C[C@H](c1ccccc1)N1C[C@](C)(C(=O)OC(C)(C)C)C(O)C1=O. The number of esters is 2. The fraction of sp³-hybridized carbons (Fsp3) is 0.556. The van der Waals surface area contributed by atoms with E-state index in [9.17, 15) is 29.4 Å². The Balaban J connectivity index is 0.000000250. The van der Waals surface area contributed by atoms with Gasteiger partial charge in [0.05, 0.1) is 12.1 Å². The van der Waals surface area contributed by atoms with Crippen LogP contribution in [0.5, 0.6) is 0 Å². The van der Waals surface area contributed by atoms with Gasteiger partial charge in [0.1, 0.15) is 22.0 Å². The number of nitrogens with zero attached hydrogens (tertiary/aromatic N) is 2. The Hall–Kier alpha value is -3.76. The molecule has 252 valence electrons. The summed E-state index contributed by atoms with van der Waals surface area (Å²) in [4.78, 5) is 53.0. The minimum Gasteiger partial charge on any atom is -0.459 e. The molecule has 2 unspecified atom stereocenters. The van der Waals surface area contributed by atoms with Crippen molar-refractivity contribution in [3.05, 3.63) is 71.8 Å². The Morgan fingerprint density at radius 1 is 0.674 bits per heavy atom. The van der Waals surface area contributed by atoms with Crippen molar-refractivity contribution in [2.24, 2.45) is 10.8 Å². The second-order valence-corrected chi connectivity index (χ2v) is 14.7. The maximum atomic E-state index is 12.5. The van der Waals surface area contributed by atoms with Gasteiger partial charge in [-0.2, -0.15) is 0 Å². The van der Waals surface area contributed by atoms with Crippen LogP contribution >= 0.6 is 0 Å². The molecule has 10 heteroatoms. The molecule has 4 rings (SSSR count). The smallest absolute Gasteiger partial charge is 0.317 e. The minimum absolute atomic E-state index is 0.137. The number of hydrogen-bond acceptors (Lipinski definition) is 8. The van der Waals surface area contributed by atoms with Crippen LogP contribution in [0.15, 0.2) is 60.7 Å². The van der Waals surface area contributed by atoms with Crippen LogP contribution in [-0.4, -0.2) is 80.3 Å². The van der Waals surface area contributed by atoms with Crippen molar-refractivity contribution in [1.82, 2.24) is 9.80 Å². The second kappa shape index (κ2) is 13.5. The van der Waals surface area contributed by atoms with E-state index in [0.717, 1.165) is 11.1 Å². The van der Waals surface area contributed by atoms with Gasteiger partial charge in [0.15, 0.2) is 12.2 Å². The molecule has 2 aromatic carbocycles. The lowest BCUT2D eigenvalue weighted by atomic mass is 9.87. The van der Waals surface area contributed by atoms with E-state index < -0.39 is 58.0 Å². The Morgan fingerprint density at radius 3 is 1.22 bits per heavy atom. The summed E-state index contributed by atoms with van der Waals surface area (Å²) in [6.45, 7) is 17.8. The third-order valence-corrected chi connectivity index (χ3v) is 8.47. The Kier molecular flexibility index (Phi) is 10.8. The zero-order valence-corrected chi connectivity index (χ0v) is 28.7. The average Bonchev–Trinajstić information content (AvgIpc) is 3.37. The fourth-order valence-corrected chi connectivity index (χ4v) is 5.52. The van der Waals surface area contributed by atoms with Crippen LogP contribution in [0.25, 0.3) is 0 Å². The van der Waals surface area contributed by atoms with E-state index in [1.807, 2.05) is 74.5 Å². The highest BCUT2D eigenvalue weighted by Crippen LogP contribution is 2.39. The molecule has 6 atom stereocenters. The molecule has 2 aliphatic rings. The van der Waals surface area contributed by atoms with Gasteiger partial charge in [-0.05, 0) is 80.4 Å². The van der Waals surface area contributed by atoms with Crippen LogP contribution in [0, 0.1) is 10.8 Å². The Labute approximate surface area is 272 Å². The molecule has 0 bridgehead atoms. The number of amides is 2. The molecule has 0 saturated carbocycles. The van der Waals surface area contributed by atoms with Crippen molar-refractivity contribution < 1.29 is 38.9 Å². The van der Waals surface area contributed by atoms with Gasteiger partial charge in [0, 0.05) is 13.1 Å². The van der Waals surface area contributed by atoms with Crippen LogP contribution < -0.4 is 0 Å². The lowest BCUT2D eigenvalue weighted by molar-refractivity contribution is -0.172. The van der Waals surface area contributed by atoms with Crippen LogP contribution in [0.1, 0.15) is 92.4 Å². The first-order valence-electron chi connectivity index (χ1n) is 15.7. The van der Waals surface area contributed by atoms with Crippen molar-refractivity contribution in [3.63, 3.8) is 0 Å². The molecule has 0 aliphatic carbocycles. The average molecular weight is 639 g/mol. The first kappa shape index (κ1) is 36.7. The van der Waals surface area contributed by atoms with Crippen molar-refractivity contribution in [2.75, 3.05) is 13.1 Å². The molecular formula is C36H50N2O8. The van der Waals surface area contributed by atoms with Crippen molar-refractivity contribution >= 4 is 23.8 Å². The van der Waals surface area contributed by atoms with E-state index in [1.165, 1.54) is 0 Å². The molecule has 2 aliphatic heterocycles. The Morgan fingerprint density at radius 2 is 0.957 bits per heavy atom. The van der Waals surface area contributed by atoms with E-state index in [4.69, 9.17) is 9.47 Å². The highest BCUT2D eigenvalue weighted by molar-refractivity contribution is 5.94. The highest BCUT2D eigenvalue weighted by Gasteiger charge is 2.57. The van der Waals surface area contributed by atoms with Crippen LogP contribution in [0.3, 0.4) is 0 Å². The number of benzene rings is 2. The number of aliphatic hydroxyl groups is 2. The van der Waals surface area contributed by atoms with Gasteiger partial charge in [-0.25, -0.2) is 0 Å². The van der Waals surface area contributed by atoms with Gasteiger partial charge in [0.2, 0.25) is 0 Å². The van der Waals surface area contributed by atoms with E-state index in [0.29, 0.717) is 0 Å². The fourth-order valence-electron chi connectivity index (χ4n) is 5.52. The number of carbonyl (C=O) groups is 4. The van der Waals surface area contributed by atoms with E-state index in [-0.39, 0.29) is 25.2 Å². The molecule has 2 fully saturated rings. The number of likely N-dealkylation sites (tertiary alicyclic amines) is 2. The number of rotatable bonds is 6. The predicted octanol–water partition coefficient (Wildman–Crippen LogP) is 4.60. The van der Waals surface area contributed by atoms with E-state index >= 15 is 0 Å². The normalized spacial score (nSPS) is 26.3. The van der Waals surface area contributed by atoms with Gasteiger partial charge >= 0.3 is 11.9 Å². The third kappa shape index (κ3) is 7.96. The van der Waals surface area contributed by atoms with Crippen LogP contribution in [0.4, 0.5) is 0 Å². The topological polar surface area (TPSA) is 134 Å². The molecule has 0 spiro atoms. The maximum absolute atomic E-state index is 12.5. The van der Waals surface area contributed by atoms with E-state index in [1.54, 1.807) is 65.2 Å². The summed E-state index contributed by atoms with van der Waals surface area (Å²) in [5.41, 5.74) is -1.92. The lowest BCUT2D eigenvalue weighted by Crippen LogP contribution is -2.44. The molecule has 46 heavy (non-hydrogen) atoms. The van der Waals surface area contributed by atoms with Gasteiger partial charge in [0.25, 0.3) is 11.8 Å². The quantitative estimate of drug-likeness (QED) is 0.439. The van der Waals surface area contributed by atoms with Crippen molar-refractivity contribution in [1.29, 1.82) is 0 Å². The summed E-state index contributed by atoms with van der Waals surface area (Å²) in [6.07, 6.45) is -2.77. The van der Waals surface area contributed by atoms with E-state index in [2.05, 4.69) is 0 Å². The molecule has 10 nitrogen and oxygen atoms in total. The molecule has 2 N–H and O–H groups in total.